The van der Waals surface area contributed by atoms with Gasteiger partial charge in [-0.15, -0.1) is 0 Å². The van der Waals surface area contributed by atoms with Crippen molar-refractivity contribution in [3.8, 4) is 5.75 Å². The van der Waals surface area contributed by atoms with Crippen molar-refractivity contribution in [3.63, 3.8) is 0 Å². The van der Waals surface area contributed by atoms with Crippen LogP contribution in [0, 0.1) is 0 Å². The highest BCUT2D eigenvalue weighted by Crippen LogP contribution is 2.37. The van der Waals surface area contributed by atoms with Crippen LogP contribution in [-0.2, 0) is 6.42 Å². The van der Waals surface area contributed by atoms with Crippen LogP contribution in [0.1, 0.15) is 23.8 Å². The lowest BCUT2D eigenvalue weighted by molar-refractivity contribution is 0.319. The number of halogens is 3. The SMILES string of the molecule is CCc1oc2c(Cl)cccc2c1C(=NO)c1cc(Br)c(O)c(Br)c1. The van der Waals surface area contributed by atoms with Crippen molar-refractivity contribution < 1.29 is 14.7 Å². The molecule has 3 aromatic rings. The highest BCUT2D eigenvalue weighted by Gasteiger charge is 2.22. The largest absolute Gasteiger partial charge is 0.506 e. The van der Waals surface area contributed by atoms with E-state index in [2.05, 4.69) is 37.0 Å². The molecule has 0 aliphatic carbocycles. The third-order valence-corrected chi connectivity index (χ3v) is 5.20. The standard InChI is InChI=1S/C17H12Br2ClNO3/c1-2-13-14(9-4-3-5-12(20)17(9)24-13)15(21-23)8-6-10(18)16(22)11(19)7-8/h3-7,22-23H,2H2,1H3. The van der Waals surface area contributed by atoms with Crippen LogP contribution in [0.2, 0.25) is 5.02 Å². The predicted octanol–water partition coefficient (Wildman–Crippen LogP) is 6.11. The summed E-state index contributed by atoms with van der Waals surface area (Å²) < 4.78 is 6.84. The molecule has 2 N–H and O–H groups in total. The van der Waals surface area contributed by atoms with E-state index < -0.39 is 0 Å². The van der Waals surface area contributed by atoms with Crippen LogP contribution in [0.3, 0.4) is 0 Å². The van der Waals surface area contributed by atoms with Crippen molar-refractivity contribution in [3.05, 3.63) is 61.2 Å². The minimum atomic E-state index is 0.0758. The molecule has 1 aromatic heterocycles. The number of hydrogen-bond donors (Lipinski definition) is 2. The summed E-state index contributed by atoms with van der Waals surface area (Å²) in [6, 6.07) is 8.80. The summed E-state index contributed by atoms with van der Waals surface area (Å²) in [6.45, 7) is 1.95. The molecule has 1 heterocycles. The van der Waals surface area contributed by atoms with Crippen LogP contribution in [0.5, 0.6) is 5.75 Å². The third kappa shape index (κ3) is 2.83. The number of hydrogen-bond acceptors (Lipinski definition) is 4. The summed E-state index contributed by atoms with van der Waals surface area (Å²) in [5.74, 6) is 0.748. The number of phenols is 1. The Morgan fingerprint density at radius 2 is 1.92 bits per heavy atom. The van der Waals surface area contributed by atoms with E-state index in [0.717, 1.165) is 5.39 Å². The number of aromatic hydroxyl groups is 1. The van der Waals surface area contributed by atoms with Gasteiger partial charge >= 0.3 is 0 Å². The van der Waals surface area contributed by atoms with E-state index in [1.165, 1.54) is 0 Å². The zero-order chi connectivity index (χ0) is 17.4. The average Bonchev–Trinajstić information content (AvgIpc) is 2.93. The molecule has 0 fully saturated rings. The Labute approximate surface area is 160 Å². The van der Waals surface area contributed by atoms with Crippen molar-refractivity contribution in [2.45, 2.75) is 13.3 Å². The molecule has 0 unspecified atom stereocenters. The monoisotopic (exact) mass is 471 g/mol. The Morgan fingerprint density at radius 3 is 2.50 bits per heavy atom. The molecule has 0 amide bonds. The first-order chi connectivity index (χ1) is 11.5. The third-order valence-electron chi connectivity index (χ3n) is 3.69. The summed E-state index contributed by atoms with van der Waals surface area (Å²) in [4.78, 5) is 0. The first-order valence-electron chi connectivity index (χ1n) is 7.08. The fraction of sp³-hybridized carbons (Fsp3) is 0.118. The van der Waals surface area contributed by atoms with Crippen molar-refractivity contribution in [1.29, 1.82) is 0 Å². The van der Waals surface area contributed by atoms with Gasteiger partial charge in [0.05, 0.1) is 19.5 Å². The second kappa shape index (κ2) is 6.78. The van der Waals surface area contributed by atoms with E-state index in [9.17, 15) is 10.3 Å². The topological polar surface area (TPSA) is 66.0 Å². The van der Waals surface area contributed by atoms with E-state index in [1.54, 1.807) is 18.2 Å². The first-order valence-corrected chi connectivity index (χ1v) is 9.05. The maximum absolute atomic E-state index is 9.89. The lowest BCUT2D eigenvalue weighted by Crippen LogP contribution is -2.06. The van der Waals surface area contributed by atoms with Gasteiger partial charge in [-0.05, 0) is 50.1 Å². The van der Waals surface area contributed by atoms with E-state index in [1.807, 2.05) is 19.1 Å². The summed E-state index contributed by atoms with van der Waals surface area (Å²) in [5, 5.41) is 24.3. The van der Waals surface area contributed by atoms with Crippen LogP contribution in [0.25, 0.3) is 11.0 Å². The lowest BCUT2D eigenvalue weighted by Gasteiger charge is -2.08. The van der Waals surface area contributed by atoms with Crippen molar-refractivity contribution in [2.75, 3.05) is 0 Å². The molecule has 124 valence electrons. The van der Waals surface area contributed by atoms with Gasteiger partial charge in [-0.1, -0.05) is 35.8 Å². The van der Waals surface area contributed by atoms with Gasteiger partial charge in [0.2, 0.25) is 0 Å². The highest BCUT2D eigenvalue weighted by molar-refractivity contribution is 9.11. The van der Waals surface area contributed by atoms with Crippen molar-refractivity contribution in [2.24, 2.45) is 5.16 Å². The van der Waals surface area contributed by atoms with Crippen LogP contribution < -0.4 is 0 Å². The molecule has 0 radical (unpaired) electrons. The fourth-order valence-corrected chi connectivity index (χ4v) is 4.00. The Balaban J connectivity index is 2.30. The molecule has 0 aliphatic rings. The molecule has 0 spiro atoms. The van der Waals surface area contributed by atoms with Gasteiger partial charge in [0, 0.05) is 17.4 Å². The summed E-state index contributed by atoms with van der Waals surface area (Å²) in [7, 11) is 0. The molecular weight excluding hydrogens is 461 g/mol. The van der Waals surface area contributed by atoms with E-state index in [0.29, 0.717) is 48.6 Å². The Bertz CT molecular complexity index is 943. The number of benzene rings is 2. The van der Waals surface area contributed by atoms with Gasteiger partial charge < -0.3 is 14.7 Å². The fourth-order valence-electron chi connectivity index (χ4n) is 2.60. The number of furan rings is 1. The van der Waals surface area contributed by atoms with Gasteiger partial charge in [0.15, 0.2) is 5.58 Å². The van der Waals surface area contributed by atoms with E-state index in [4.69, 9.17) is 16.0 Å². The molecule has 4 nitrogen and oxygen atoms in total. The minimum absolute atomic E-state index is 0.0758. The molecule has 0 saturated carbocycles. The van der Waals surface area contributed by atoms with Crippen molar-refractivity contribution in [1.82, 2.24) is 0 Å². The summed E-state index contributed by atoms with van der Waals surface area (Å²) in [6.07, 6.45) is 0.611. The number of para-hydroxylation sites is 1. The van der Waals surface area contributed by atoms with Gasteiger partial charge in [-0.2, -0.15) is 0 Å². The molecule has 7 heteroatoms. The van der Waals surface area contributed by atoms with Crippen LogP contribution in [0.4, 0.5) is 0 Å². The van der Waals surface area contributed by atoms with Gasteiger partial charge in [0.1, 0.15) is 17.2 Å². The molecular formula is C17H12Br2ClNO3. The quantitative estimate of drug-likeness (QED) is 0.274. The number of aryl methyl sites for hydroxylation is 1. The normalized spacial score (nSPS) is 12.1. The number of nitrogens with zero attached hydrogens (tertiary/aromatic N) is 1. The highest BCUT2D eigenvalue weighted by atomic mass is 79.9. The number of phenolic OH excluding ortho intramolecular Hbond substituents is 1. The van der Waals surface area contributed by atoms with E-state index in [-0.39, 0.29) is 5.75 Å². The maximum atomic E-state index is 9.89. The Morgan fingerprint density at radius 1 is 1.25 bits per heavy atom. The number of rotatable bonds is 3. The van der Waals surface area contributed by atoms with E-state index >= 15 is 0 Å². The number of oxime groups is 1. The van der Waals surface area contributed by atoms with Crippen LogP contribution >= 0.6 is 43.5 Å². The molecule has 0 atom stereocenters. The molecule has 0 bridgehead atoms. The summed E-state index contributed by atoms with van der Waals surface area (Å²) in [5.41, 5.74) is 2.20. The first kappa shape index (κ1) is 17.3. The Kier molecular flexibility index (Phi) is 4.90. The second-order valence-corrected chi connectivity index (χ2v) is 7.22. The minimum Gasteiger partial charge on any atom is -0.506 e. The van der Waals surface area contributed by atoms with Crippen molar-refractivity contribution >= 4 is 60.1 Å². The molecule has 24 heavy (non-hydrogen) atoms. The molecule has 0 saturated heterocycles. The van der Waals surface area contributed by atoms with Gasteiger partial charge in [-0.25, -0.2) is 0 Å². The molecule has 0 aliphatic heterocycles. The maximum Gasteiger partial charge on any atom is 0.153 e. The predicted molar refractivity (Wildman–Crippen MR) is 102 cm³/mol. The Hall–Kier alpha value is -1.50. The summed E-state index contributed by atoms with van der Waals surface area (Å²) >= 11 is 12.8. The zero-order valence-electron chi connectivity index (χ0n) is 12.5. The average molecular weight is 474 g/mol. The smallest absolute Gasteiger partial charge is 0.153 e. The zero-order valence-corrected chi connectivity index (χ0v) is 16.4. The van der Waals surface area contributed by atoms with Crippen LogP contribution in [0.15, 0.2) is 48.9 Å². The van der Waals surface area contributed by atoms with Gasteiger partial charge in [-0.3, -0.25) is 0 Å². The number of fused-ring (bicyclic) bond motifs is 1. The van der Waals surface area contributed by atoms with Crippen LogP contribution in [-0.4, -0.2) is 16.0 Å². The molecule has 3 rings (SSSR count). The van der Waals surface area contributed by atoms with Gasteiger partial charge in [0.25, 0.3) is 0 Å². The second-order valence-electron chi connectivity index (χ2n) is 5.11. The lowest BCUT2D eigenvalue weighted by atomic mass is 9.98. The molecule has 2 aromatic carbocycles.